The SMILES string of the molecule is NC(=O)c1cc2c([nH]c1=O)CCN(C(=O)C1CC1)C2. The minimum absolute atomic E-state index is 0.0422. The smallest absolute Gasteiger partial charge is 0.261 e. The van der Waals surface area contributed by atoms with E-state index in [4.69, 9.17) is 5.73 Å². The predicted octanol–water partition coefficient (Wildman–Crippen LogP) is -0.232. The highest BCUT2D eigenvalue weighted by molar-refractivity contribution is 5.92. The number of amides is 2. The minimum atomic E-state index is -0.741. The number of nitrogens with two attached hydrogens (primary N) is 1. The Labute approximate surface area is 109 Å². The molecule has 1 fully saturated rings. The van der Waals surface area contributed by atoms with Crippen LogP contribution in [0.25, 0.3) is 0 Å². The Balaban J connectivity index is 1.90. The first-order valence-electron chi connectivity index (χ1n) is 6.40. The molecule has 0 unspecified atom stereocenters. The molecule has 0 spiro atoms. The largest absolute Gasteiger partial charge is 0.365 e. The Morgan fingerprint density at radius 3 is 2.74 bits per heavy atom. The number of nitrogens with one attached hydrogen (secondary N) is 1. The van der Waals surface area contributed by atoms with Crippen molar-refractivity contribution in [2.45, 2.75) is 25.8 Å². The number of H-pyrrole nitrogens is 1. The Morgan fingerprint density at radius 2 is 2.11 bits per heavy atom. The highest BCUT2D eigenvalue weighted by Crippen LogP contribution is 2.32. The lowest BCUT2D eigenvalue weighted by Gasteiger charge is -2.28. The first kappa shape index (κ1) is 12.0. The second-order valence-corrected chi connectivity index (χ2v) is 5.16. The summed E-state index contributed by atoms with van der Waals surface area (Å²) < 4.78 is 0. The summed E-state index contributed by atoms with van der Waals surface area (Å²) >= 11 is 0. The van der Waals surface area contributed by atoms with Crippen molar-refractivity contribution < 1.29 is 9.59 Å². The Bertz CT molecular complexity index is 616. The van der Waals surface area contributed by atoms with Gasteiger partial charge in [-0.2, -0.15) is 0 Å². The Hall–Kier alpha value is -2.11. The van der Waals surface area contributed by atoms with E-state index in [1.165, 1.54) is 6.07 Å². The lowest BCUT2D eigenvalue weighted by atomic mass is 10.0. The van der Waals surface area contributed by atoms with Crippen molar-refractivity contribution in [3.8, 4) is 0 Å². The van der Waals surface area contributed by atoms with Gasteiger partial charge in [0, 0.05) is 31.1 Å². The molecule has 6 heteroatoms. The number of aromatic nitrogens is 1. The normalized spacial score (nSPS) is 18.0. The van der Waals surface area contributed by atoms with Crippen molar-refractivity contribution in [2.24, 2.45) is 11.7 Å². The van der Waals surface area contributed by atoms with Crippen LogP contribution in [0.2, 0.25) is 0 Å². The van der Waals surface area contributed by atoms with E-state index in [0.717, 1.165) is 24.1 Å². The van der Waals surface area contributed by atoms with Gasteiger partial charge in [-0.25, -0.2) is 0 Å². The third kappa shape index (κ3) is 2.14. The van der Waals surface area contributed by atoms with E-state index in [-0.39, 0.29) is 17.4 Å². The molecule has 0 bridgehead atoms. The summed E-state index contributed by atoms with van der Waals surface area (Å²) in [6.07, 6.45) is 2.56. The van der Waals surface area contributed by atoms with E-state index < -0.39 is 11.5 Å². The van der Waals surface area contributed by atoms with Gasteiger partial charge in [0.15, 0.2) is 0 Å². The van der Waals surface area contributed by atoms with Crippen LogP contribution in [0.4, 0.5) is 0 Å². The van der Waals surface area contributed by atoms with E-state index in [1.54, 1.807) is 4.90 Å². The summed E-state index contributed by atoms with van der Waals surface area (Å²) in [7, 11) is 0. The lowest BCUT2D eigenvalue weighted by molar-refractivity contribution is -0.133. The van der Waals surface area contributed by atoms with Crippen LogP contribution in [-0.4, -0.2) is 28.2 Å². The molecule has 0 aromatic carbocycles. The first-order valence-corrected chi connectivity index (χ1v) is 6.40. The number of nitrogens with zero attached hydrogens (tertiary/aromatic N) is 1. The molecule has 1 saturated carbocycles. The van der Waals surface area contributed by atoms with Crippen LogP contribution in [0.5, 0.6) is 0 Å². The summed E-state index contributed by atoms with van der Waals surface area (Å²) in [5, 5.41) is 0. The molecule has 2 aliphatic rings. The number of carbonyl (C=O) groups excluding carboxylic acids is 2. The van der Waals surface area contributed by atoms with Crippen LogP contribution in [-0.2, 0) is 17.8 Å². The van der Waals surface area contributed by atoms with Gasteiger partial charge in [0.1, 0.15) is 5.56 Å². The number of primary amides is 1. The monoisotopic (exact) mass is 261 g/mol. The zero-order chi connectivity index (χ0) is 13.6. The van der Waals surface area contributed by atoms with Gasteiger partial charge >= 0.3 is 0 Å². The van der Waals surface area contributed by atoms with Crippen LogP contribution in [0, 0.1) is 5.92 Å². The quantitative estimate of drug-likeness (QED) is 0.769. The fourth-order valence-corrected chi connectivity index (χ4v) is 2.47. The van der Waals surface area contributed by atoms with E-state index in [1.807, 2.05) is 0 Å². The number of hydrogen-bond acceptors (Lipinski definition) is 3. The van der Waals surface area contributed by atoms with Crippen molar-refractivity contribution in [1.82, 2.24) is 9.88 Å². The van der Waals surface area contributed by atoms with Crippen LogP contribution < -0.4 is 11.3 Å². The van der Waals surface area contributed by atoms with Gasteiger partial charge in [0.05, 0.1) is 0 Å². The number of carbonyl (C=O) groups is 2. The third-order valence-electron chi connectivity index (χ3n) is 3.71. The molecule has 2 heterocycles. The van der Waals surface area contributed by atoms with Crippen molar-refractivity contribution in [3.63, 3.8) is 0 Å². The van der Waals surface area contributed by atoms with Crippen LogP contribution in [0.3, 0.4) is 0 Å². The van der Waals surface area contributed by atoms with Crippen LogP contribution in [0.1, 0.15) is 34.5 Å². The molecule has 0 radical (unpaired) electrons. The Kier molecular flexibility index (Phi) is 2.66. The average molecular weight is 261 g/mol. The second kappa shape index (κ2) is 4.22. The molecule has 3 N–H and O–H groups in total. The summed E-state index contributed by atoms with van der Waals surface area (Å²) in [6, 6.07) is 1.52. The molecule has 0 atom stereocenters. The zero-order valence-electron chi connectivity index (χ0n) is 10.4. The van der Waals surface area contributed by atoms with Gasteiger partial charge < -0.3 is 15.6 Å². The zero-order valence-corrected chi connectivity index (χ0v) is 10.4. The standard InChI is InChI=1S/C13H15N3O3/c14-11(17)9-5-8-6-16(13(19)7-1-2-7)4-3-10(8)15-12(9)18/h5,7H,1-4,6H2,(H2,14,17)(H,15,18). The fraction of sp³-hybridized carbons (Fsp3) is 0.462. The summed E-state index contributed by atoms with van der Waals surface area (Å²) in [4.78, 5) is 39.3. The maximum Gasteiger partial charge on any atom is 0.261 e. The summed E-state index contributed by atoms with van der Waals surface area (Å²) in [6.45, 7) is 1.07. The number of rotatable bonds is 2. The van der Waals surface area contributed by atoms with E-state index in [9.17, 15) is 14.4 Å². The van der Waals surface area contributed by atoms with Crippen molar-refractivity contribution >= 4 is 11.8 Å². The molecule has 3 rings (SSSR count). The molecule has 1 aromatic heterocycles. The van der Waals surface area contributed by atoms with Gasteiger partial charge in [-0.15, -0.1) is 0 Å². The van der Waals surface area contributed by atoms with Gasteiger partial charge in [0.25, 0.3) is 11.5 Å². The van der Waals surface area contributed by atoms with Gasteiger partial charge in [-0.3, -0.25) is 14.4 Å². The number of fused-ring (bicyclic) bond motifs is 1. The van der Waals surface area contributed by atoms with Crippen LogP contribution in [0.15, 0.2) is 10.9 Å². The molecule has 19 heavy (non-hydrogen) atoms. The van der Waals surface area contributed by atoms with Gasteiger partial charge in [0.2, 0.25) is 5.91 Å². The van der Waals surface area contributed by atoms with E-state index >= 15 is 0 Å². The maximum atomic E-state index is 12.0. The molecule has 2 amide bonds. The lowest BCUT2D eigenvalue weighted by Crippen LogP contribution is -2.38. The van der Waals surface area contributed by atoms with Crippen molar-refractivity contribution in [3.05, 3.63) is 33.2 Å². The molecular formula is C13H15N3O3. The van der Waals surface area contributed by atoms with Gasteiger partial charge in [-0.1, -0.05) is 0 Å². The highest BCUT2D eigenvalue weighted by atomic mass is 16.2. The second-order valence-electron chi connectivity index (χ2n) is 5.16. The summed E-state index contributed by atoms with van der Waals surface area (Å²) in [5.41, 5.74) is 6.28. The molecule has 1 aliphatic carbocycles. The minimum Gasteiger partial charge on any atom is -0.365 e. The summed E-state index contributed by atoms with van der Waals surface area (Å²) in [5.74, 6) is -0.382. The first-order chi connectivity index (χ1) is 9.06. The Morgan fingerprint density at radius 1 is 1.37 bits per heavy atom. The maximum absolute atomic E-state index is 12.0. The van der Waals surface area contributed by atoms with Gasteiger partial charge in [-0.05, 0) is 24.5 Å². The van der Waals surface area contributed by atoms with Crippen molar-refractivity contribution in [1.29, 1.82) is 0 Å². The topological polar surface area (TPSA) is 96.3 Å². The molecular weight excluding hydrogens is 246 g/mol. The fourth-order valence-electron chi connectivity index (χ4n) is 2.47. The van der Waals surface area contributed by atoms with E-state index in [2.05, 4.69) is 4.98 Å². The number of pyridine rings is 1. The molecule has 1 aliphatic heterocycles. The molecule has 100 valence electrons. The number of hydrogen-bond donors (Lipinski definition) is 2. The van der Waals surface area contributed by atoms with E-state index in [0.29, 0.717) is 19.5 Å². The van der Waals surface area contributed by atoms with Crippen molar-refractivity contribution in [2.75, 3.05) is 6.54 Å². The van der Waals surface area contributed by atoms with Crippen LogP contribution >= 0.6 is 0 Å². The molecule has 6 nitrogen and oxygen atoms in total. The third-order valence-corrected chi connectivity index (χ3v) is 3.71. The number of aromatic amines is 1. The molecule has 0 saturated heterocycles. The average Bonchev–Trinajstić information content (AvgIpc) is 3.20. The predicted molar refractivity (Wildman–Crippen MR) is 67.4 cm³/mol. The highest BCUT2D eigenvalue weighted by Gasteiger charge is 2.34. The molecule has 1 aromatic rings.